The van der Waals surface area contributed by atoms with E-state index in [9.17, 15) is 19.8 Å². The first-order chi connectivity index (χ1) is 8.90. The maximum Gasteiger partial charge on any atom is 0.338 e. The van der Waals surface area contributed by atoms with Crippen molar-refractivity contribution in [1.29, 1.82) is 0 Å². The normalized spacial score (nSPS) is 13.7. The van der Waals surface area contributed by atoms with Gasteiger partial charge in [0.1, 0.15) is 6.10 Å². The van der Waals surface area contributed by atoms with Crippen LogP contribution in [-0.2, 0) is 9.53 Å². The molecule has 104 valence electrons. The van der Waals surface area contributed by atoms with Crippen LogP contribution in [0, 0.1) is 6.92 Å². The number of carbonyl (C=O) groups excluding carboxylic acids is 1. The monoisotopic (exact) mass is 268 g/mol. The zero-order valence-electron chi connectivity index (χ0n) is 10.7. The zero-order chi connectivity index (χ0) is 14.6. The first kappa shape index (κ1) is 15.1. The molecule has 6 nitrogen and oxygen atoms in total. The summed E-state index contributed by atoms with van der Waals surface area (Å²) in [5.74, 6) is -2.23. The van der Waals surface area contributed by atoms with Gasteiger partial charge in [-0.05, 0) is 25.5 Å². The molecule has 0 saturated carbocycles. The number of hydrogen-bond acceptors (Lipinski definition) is 5. The molecule has 0 aliphatic carbocycles. The SMILES string of the molecule is CCOC(=O)C(O)C(O)c1c(C)cccc1C(=O)O. The Balaban J connectivity index is 3.15. The molecule has 19 heavy (non-hydrogen) atoms. The van der Waals surface area contributed by atoms with E-state index < -0.39 is 24.1 Å². The Bertz CT molecular complexity index is 482. The Morgan fingerprint density at radius 2 is 1.95 bits per heavy atom. The van der Waals surface area contributed by atoms with E-state index in [1.54, 1.807) is 19.9 Å². The van der Waals surface area contributed by atoms with Crippen LogP contribution >= 0.6 is 0 Å². The van der Waals surface area contributed by atoms with E-state index in [0.717, 1.165) is 0 Å². The standard InChI is InChI=1S/C13H16O6/c1-3-19-13(18)11(15)10(14)9-7(2)5-4-6-8(9)12(16)17/h4-6,10-11,14-15H,3H2,1-2H3,(H,16,17). The minimum atomic E-state index is -1.82. The first-order valence-corrected chi connectivity index (χ1v) is 5.75. The summed E-state index contributed by atoms with van der Waals surface area (Å²) in [5, 5.41) is 28.7. The predicted molar refractivity (Wildman–Crippen MR) is 65.7 cm³/mol. The van der Waals surface area contributed by atoms with Crippen molar-refractivity contribution >= 4 is 11.9 Å². The van der Waals surface area contributed by atoms with Crippen molar-refractivity contribution in [2.75, 3.05) is 6.61 Å². The molecule has 0 aliphatic heterocycles. The molecule has 0 bridgehead atoms. The fourth-order valence-electron chi connectivity index (χ4n) is 1.77. The summed E-state index contributed by atoms with van der Waals surface area (Å²) in [5.41, 5.74) is 0.321. The van der Waals surface area contributed by atoms with Crippen molar-refractivity contribution in [3.05, 3.63) is 34.9 Å². The Hall–Kier alpha value is -1.92. The molecule has 1 aromatic carbocycles. The Kier molecular flexibility index (Phi) is 5.02. The minimum Gasteiger partial charge on any atom is -0.478 e. The van der Waals surface area contributed by atoms with Crippen molar-refractivity contribution in [3.63, 3.8) is 0 Å². The Morgan fingerprint density at radius 1 is 1.32 bits per heavy atom. The van der Waals surface area contributed by atoms with Gasteiger partial charge in [0.25, 0.3) is 0 Å². The van der Waals surface area contributed by atoms with E-state index in [2.05, 4.69) is 4.74 Å². The number of rotatable bonds is 5. The van der Waals surface area contributed by atoms with Gasteiger partial charge in [-0.1, -0.05) is 12.1 Å². The fourth-order valence-corrected chi connectivity index (χ4v) is 1.77. The van der Waals surface area contributed by atoms with E-state index in [-0.39, 0.29) is 17.7 Å². The minimum absolute atomic E-state index is 0.00977. The lowest BCUT2D eigenvalue weighted by molar-refractivity contribution is -0.159. The molecule has 0 fully saturated rings. The Morgan fingerprint density at radius 3 is 2.47 bits per heavy atom. The molecule has 2 atom stereocenters. The molecule has 1 rings (SSSR count). The Labute approximate surface area is 110 Å². The third-order valence-corrected chi connectivity index (χ3v) is 2.68. The number of carbonyl (C=O) groups is 2. The van der Waals surface area contributed by atoms with Crippen LogP contribution < -0.4 is 0 Å². The average Bonchev–Trinajstić information content (AvgIpc) is 2.36. The maximum atomic E-state index is 11.4. The summed E-state index contributed by atoms with van der Waals surface area (Å²) in [6.07, 6.45) is -3.47. The van der Waals surface area contributed by atoms with E-state index in [4.69, 9.17) is 5.11 Å². The smallest absolute Gasteiger partial charge is 0.338 e. The molecule has 0 aliphatic rings. The van der Waals surface area contributed by atoms with Crippen molar-refractivity contribution in [2.45, 2.75) is 26.1 Å². The average molecular weight is 268 g/mol. The number of aromatic carboxylic acids is 1. The van der Waals surface area contributed by atoms with Crippen LogP contribution in [0.2, 0.25) is 0 Å². The van der Waals surface area contributed by atoms with Crippen molar-refractivity contribution in [2.24, 2.45) is 0 Å². The van der Waals surface area contributed by atoms with Crippen LogP contribution in [0.25, 0.3) is 0 Å². The second kappa shape index (κ2) is 6.31. The number of aliphatic hydroxyl groups is 2. The summed E-state index contributed by atoms with van der Waals surface area (Å²) < 4.78 is 4.59. The molecular weight excluding hydrogens is 252 g/mol. The highest BCUT2D eigenvalue weighted by Crippen LogP contribution is 2.25. The quantitative estimate of drug-likeness (QED) is 0.677. The van der Waals surface area contributed by atoms with Crippen molar-refractivity contribution in [1.82, 2.24) is 0 Å². The van der Waals surface area contributed by atoms with E-state index in [0.29, 0.717) is 5.56 Å². The molecule has 1 aromatic rings. The van der Waals surface area contributed by atoms with Gasteiger partial charge in [0.2, 0.25) is 0 Å². The number of ether oxygens (including phenoxy) is 1. The number of aliphatic hydroxyl groups excluding tert-OH is 2. The lowest BCUT2D eigenvalue weighted by Crippen LogP contribution is -2.31. The fraction of sp³-hybridized carbons (Fsp3) is 0.385. The van der Waals surface area contributed by atoms with Crippen LogP contribution in [0.5, 0.6) is 0 Å². The third-order valence-electron chi connectivity index (χ3n) is 2.68. The van der Waals surface area contributed by atoms with E-state index in [1.807, 2.05) is 0 Å². The van der Waals surface area contributed by atoms with Gasteiger partial charge in [0, 0.05) is 5.56 Å². The maximum absolute atomic E-state index is 11.4. The largest absolute Gasteiger partial charge is 0.478 e. The van der Waals surface area contributed by atoms with Crippen LogP contribution in [0.15, 0.2) is 18.2 Å². The summed E-state index contributed by atoms with van der Waals surface area (Å²) >= 11 is 0. The predicted octanol–water partition coefficient (Wildman–Crippen LogP) is 0.651. The van der Waals surface area contributed by atoms with Crippen LogP contribution in [0.3, 0.4) is 0 Å². The van der Waals surface area contributed by atoms with Gasteiger partial charge in [-0.25, -0.2) is 9.59 Å². The molecule has 0 radical (unpaired) electrons. The first-order valence-electron chi connectivity index (χ1n) is 5.75. The van der Waals surface area contributed by atoms with E-state index in [1.165, 1.54) is 12.1 Å². The van der Waals surface area contributed by atoms with E-state index >= 15 is 0 Å². The van der Waals surface area contributed by atoms with Crippen molar-refractivity contribution < 1.29 is 29.6 Å². The highest BCUT2D eigenvalue weighted by atomic mass is 16.5. The molecule has 0 spiro atoms. The van der Waals surface area contributed by atoms with Gasteiger partial charge >= 0.3 is 11.9 Å². The number of carboxylic acids is 1. The molecule has 3 N–H and O–H groups in total. The third kappa shape index (κ3) is 3.30. The van der Waals surface area contributed by atoms with Gasteiger partial charge in [-0.3, -0.25) is 0 Å². The summed E-state index contributed by atoms with van der Waals surface area (Å²) in [6.45, 7) is 3.21. The topological polar surface area (TPSA) is 104 Å². The molecular formula is C13H16O6. The molecule has 0 saturated heterocycles. The van der Waals surface area contributed by atoms with Gasteiger partial charge in [-0.2, -0.15) is 0 Å². The zero-order valence-corrected chi connectivity index (χ0v) is 10.7. The summed E-state index contributed by atoms with van der Waals surface area (Å²) in [6, 6.07) is 4.40. The lowest BCUT2D eigenvalue weighted by atomic mass is 9.94. The van der Waals surface area contributed by atoms with Gasteiger partial charge in [0.05, 0.1) is 12.2 Å². The van der Waals surface area contributed by atoms with Gasteiger partial charge in [-0.15, -0.1) is 0 Å². The van der Waals surface area contributed by atoms with Crippen molar-refractivity contribution in [3.8, 4) is 0 Å². The van der Waals surface area contributed by atoms with Crippen LogP contribution in [0.4, 0.5) is 0 Å². The van der Waals surface area contributed by atoms with Gasteiger partial charge < -0.3 is 20.1 Å². The summed E-state index contributed by atoms with van der Waals surface area (Å²) in [4.78, 5) is 22.5. The molecule has 0 amide bonds. The number of esters is 1. The highest BCUT2D eigenvalue weighted by molar-refractivity contribution is 5.90. The number of aryl methyl sites for hydroxylation is 1. The van der Waals surface area contributed by atoms with Crippen LogP contribution in [-0.4, -0.2) is 40.0 Å². The van der Waals surface area contributed by atoms with Gasteiger partial charge in [0.15, 0.2) is 6.10 Å². The van der Waals surface area contributed by atoms with Crippen LogP contribution in [0.1, 0.15) is 34.5 Å². The number of hydrogen-bond donors (Lipinski definition) is 3. The summed E-state index contributed by atoms with van der Waals surface area (Å²) in [7, 11) is 0. The molecule has 0 aromatic heterocycles. The second-order valence-electron chi connectivity index (χ2n) is 3.98. The molecule has 2 unspecified atom stereocenters. The second-order valence-corrected chi connectivity index (χ2v) is 3.98. The lowest BCUT2D eigenvalue weighted by Gasteiger charge is -2.20. The molecule has 6 heteroatoms. The number of carboxylic acid groups (broad SMARTS) is 1. The highest BCUT2D eigenvalue weighted by Gasteiger charge is 2.31. The molecule has 0 heterocycles. The number of benzene rings is 1.